The first-order valence-electron chi connectivity index (χ1n) is 5.20. The Morgan fingerprint density at radius 1 is 1.15 bits per heavy atom. The molecule has 0 spiro atoms. The standard InChI is InChI=1S/C11H7F3N4O2/c12-5-1-7(13)11(8(14)2-5)17-10-4-6(18(19)20)3-9(15)16-10/h1-4H,(H3,15,16,17). The van der Waals surface area contributed by atoms with E-state index in [1.807, 2.05) is 0 Å². The minimum atomic E-state index is -1.20. The Balaban J connectivity index is 2.42. The Morgan fingerprint density at radius 2 is 1.75 bits per heavy atom. The molecule has 2 aromatic rings. The molecule has 6 nitrogen and oxygen atoms in total. The van der Waals surface area contributed by atoms with E-state index in [9.17, 15) is 23.3 Å². The lowest BCUT2D eigenvalue weighted by Gasteiger charge is -2.08. The normalized spacial score (nSPS) is 10.3. The van der Waals surface area contributed by atoms with E-state index < -0.39 is 33.7 Å². The predicted molar refractivity (Wildman–Crippen MR) is 64.9 cm³/mol. The number of rotatable bonds is 3. The summed E-state index contributed by atoms with van der Waals surface area (Å²) in [5, 5.41) is 12.8. The van der Waals surface area contributed by atoms with Crippen molar-refractivity contribution in [2.45, 2.75) is 0 Å². The van der Waals surface area contributed by atoms with E-state index in [0.717, 1.165) is 12.1 Å². The van der Waals surface area contributed by atoms with Crippen LogP contribution in [0.25, 0.3) is 0 Å². The number of nitro groups is 1. The summed E-state index contributed by atoms with van der Waals surface area (Å²) in [6.45, 7) is 0. The maximum Gasteiger partial charge on any atom is 0.276 e. The fourth-order valence-electron chi connectivity index (χ4n) is 1.50. The summed E-state index contributed by atoms with van der Waals surface area (Å²) in [5.74, 6) is -3.92. The minimum absolute atomic E-state index is 0.204. The number of nitrogens with zero attached hydrogens (tertiary/aromatic N) is 2. The van der Waals surface area contributed by atoms with Crippen LogP contribution in [-0.2, 0) is 0 Å². The molecule has 104 valence electrons. The monoisotopic (exact) mass is 284 g/mol. The molecular formula is C11H7F3N4O2. The van der Waals surface area contributed by atoms with E-state index in [0.29, 0.717) is 12.1 Å². The highest BCUT2D eigenvalue weighted by Crippen LogP contribution is 2.26. The summed E-state index contributed by atoms with van der Waals surface area (Å²) < 4.78 is 39.6. The number of hydrogen-bond donors (Lipinski definition) is 2. The van der Waals surface area contributed by atoms with Crippen LogP contribution in [-0.4, -0.2) is 9.91 Å². The van der Waals surface area contributed by atoms with Crippen LogP contribution in [0.1, 0.15) is 0 Å². The van der Waals surface area contributed by atoms with Gasteiger partial charge in [0.2, 0.25) is 0 Å². The van der Waals surface area contributed by atoms with Crippen LogP contribution in [0.5, 0.6) is 0 Å². The molecule has 0 unspecified atom stereocenters. The van der Waals surface area contributed by atoms with Gasteiger partial charge < -0.3 is 11.1 Å². The fourth-order valence-corrected chi connectivity index (χ4v) is 1.50. The average molecular weight is 284 g/mol. The summed E-state index contributed by atoms with van der Waals surface area (Å²) in [6, 6.07) is 2.86. The molecule has 3 N–H and O–H groups in total. The van der Waals surface area contributed by atoms with Crippen LogP contribution in [0.3, 0.4) is 0 Å². The highest BCUT2D eigenvalue weighted by Gasteiger charge is 2.15. The van der Waals surface area contributed by atoms with Crippen molar-refractivity contribution in [1.82, 2.24) is 4.98 Å². The Kier molecular flexibility index (Phi) is 3.42. The van der Waals surface area contributed by atoms with Crippen molar-refractivity contribution in [3.8, 4) is 0 Å². The van der Waals surface area contributed by atoms with Crippen molar-refractivity contribution >= 4 is 23.0 Å². The van der Waals surface area contributed by atoms with Gasteiger partial charge in [-0.2, -0.15) is 0 Å². The molecule has 9 heteroatoms. The lowest BCUT2D eigenvalue weighted by Crippen LogP contribution is -2.03. The first-order chi connectivity index (χ1) is 9.36. The van der Waals surface area contributed by atoms with Gasteiger partial charge in [0.25, 0.3) is 5.69 Å². The molecule has 0 saturated carbocycles. The van der Waals surface area contributed by atoms with Gasteiger partial charge in [-0.25, -0.2) is 18.2 Å². The molecule has 0 atom stereocenters. The summed E-state index contributed by atoms with van der Waals surface area (Å²) in [5.41, 5.74) is 4.27. The van der Waals surface area contributed by atoms with Crippen molar-refractivity contribution in [2.75, 3.05) is 11.1 Å². The fraction of sp³-hybridized carbons (Fsp3) is 0. The van der Waals surface area contributed by atoms with Gasteiger partial charge in [-0.05, 0) is 0 Å². The Hall–Kier alpha value is -2.84. The molecule has 0 amide bonds. The first kappa shape index (κ1) is 13.6. The highest BCUT2D eigenvalue weighted by molar-refractivity contribution is 5.62. The van der Waals surface area contributed by atoms with E-state index in [1.165, 1.54) is 0 Å². The van der Waals surface area contributed by atoms with Crippen molar-refractivity contribution in [2.24, 2.45) is 0 Å². The zero-order valence-electron chi connectivity index (χ0n) is 9.73. The van der Waals surface area contributed by atoms with Gasteiger partial charge in [-0.3, -0.25) is 10.1 Å². The molecule has 0 aliphatic carbocycles. The van der Waals surface area contributed by atoms with Crippen molar-refractivity contribution in [3.63, 3.8) is 0 Å². The predicted octanol–water partition coefficient (Wildman–Crippen LogP) is 2.73. The summed E-state index contributed by atoms with van der Waals surface area (Å²) in [4.78, 5) is 13.5. The van der Waals surface area contributed by atoms with Gasteiger partial charge in [0.05, 0.1) is 17.1 Å². The second kappa shape index (κ2) is 5.03. The van der Waals surface area contributed by atoms with Crippen LogP contribution in [0, 0.1) is 27.6 Å². The number of nitrogen functional groups attached to an aromatic ring is 1. The molecule has 2 rings (SSSR count). The van der Waals surface area contributed by atoms with Gasteiger partial charge in [0.1, 0.15) is 23.1 Å². The molecule has 20 heavy (non-hydrogen) atoms. The van der Waals surface area contributed by atoms with Crippen LogP contribution in [0.2, 0.25) is 0 Å². The van der Waals surface area contributed by atoms with Gasteiger partial charge in [-0.1, -0.05) is 0 Å². The number of nitrogens with two attached hydrogens (primary N) is 1. The van der Waals surface area contributed by atoms with Crippen LogP contribution < -0.4 is 11.1 Å². The van der Waals surface area contributed by atoms with Gasteiger partial charge >= 0.3 is 0 Å². The van der Waals surface area contributed by atoms with Gasteiger partial charge in [0.15, 0.2) is 11.6 Å². The molecule has 1 aromatic carbocycles. The largest absolute Gasteiger partial charge is 0.383 e. The average Bonchev–Trinajstić information content (AvgIpc) is 2.33. The second-order valence-corrected chi connectivity index (χ2v) is 3.76. The third kappa shape index (κ3) is 2.76. The Morgan fingerprint density at radius 3 is 2.30 bits per heavy atom. The van der Waals surface area contributed by atoms with Gasteiger partial charge in [-0.15, -0.1) is 0 Å². The number of hydrogen-bond acceptors (Lipinski definition) is 5. The topological polar surface area (TPSA) is 94.1 Å². The summed E-state index contributed by atoms with van der Waals surface area (Å²) >= 11 is 0. The van der Waals surface area contributed by atoms with Crippen molar-refractivity contribution < 1.29 is 18.1 Å². The number of halogens is 3. The Labute approximate surface area is 110 Å². The van der Waals surface area contributed by atoms with E-state index in [1.54, 1.807) is 0 Å². The molecule has 0 aliphatic heterocycles. The molecule has 0 fully saturated rings. The van der Waals surface area contributed by atoms with Crippen LogP contribution >= 0.6 is 0 Å². The SMILES string of the molecule is Nc1cc([N+](=O)[O-])cc(Nc2c(F)cc(F)cc2F)n1. The zero-order chi connectivity index (χ0) is 14.9. The molecule has 0 aliphatic rings. The van der Waals surface area contributed by atoms with E-state index >= 15 is 0 Å². The summed E-state index contributed by atoms with van der Waals surface area (Å²) in [6.07, 6.45) is 0. The summed E-state index contributed by atoms with van der Waals surface area (Å²) in [7, 11) is 0. The quantitative estimate of drug-likeness (QED) is 0.667. The molecular weight excluding hydrogens is 277 g/mol. The van der Waals surface area contributed by atoms with Crippen molar-refractivity contribution in [3.05, 3.63) is 51.8 Å². The minimum Gasteiger partial charge on any atom is -0.383 e. The maximum absolute atomic E-state index is 13.4. The third-order valence-electron chi connectivity index (χ3n) is 2.30. The Bertz CT molecular complexity index is 670. The zero-order valence-corrected chi connectivity index (χ0v) is 9.73. The molecule has 0 radical (unpaired) electrons. The van der Waals surface area contributed by atoms with Crippen molar-refractivity contribution in [1.29, 1.82) is 0 Å². The third-order valence-corrected chi connectivity index (χ3v) is 2.30. The first-order valence-corrected chi connectivity index (χ1v) is 5.20. The van der Waals surface area contributed by atoms with Crippen LogP contribution in [0.4, 0.5) is 36.2 Å². The van der Waals surface area contributed by atoms with E-state index in [-0.39, 0.29) is 11.6 Å². The molecule has 0 saturated heterocycles. The number of aromatic nitrogens is 1. The smallest absolute Gasteiger partial charge is 0.276 e. The van der Waals surface area contributed by atoms with E-state index in [4.69, 9.17) is 5.73 Å². The van der Waals surface area contributed by atoms with Gasteiger partial charge in [0, 0.05) is 12.1 Å². The molecule has 1 heterocycles. The lowest BCUT2D eigenvalue weighted by molar-refractivity contribution is -0.384. The second-order valence-electron chi connectivity index (χ2n) is 3.76. The highest BCUT2D eigenvalue weighted by atomic mass is 19.1. The number of benzene rings is 1. The van der Waals surface area contributed by atoms with Crippen LogP contribution in [0.15, 0.2) is 24.3 Å². The van der Waals surface area contributed by atoms with E-state index in [2.05, 4.69) is 10.3 Å². The lowest BCUT2D eigenvalue weighted by atomic mass is 10.2. The number of nitrogens with one attached hydrogen (secondary N) is 1. The number of pyridine rings is 1. The molecule has 1 aromatic heterocycles. The maximum atomic E-state index is 13.4. The number of anilines is 3. The molecule has 0 bridgehead atoms.